The fourth-order valence-corrected chi connectivity index (χ4v) is 1.93. The molecule has 0 spiro atoms. The van der Waals surface area contributed by atoms with Crippen molar-refractivity contribution >= 4 is 23.0 Å². The average Bonchev–Trinajstić information content (AvgIpc) is 2.46. The minimum Gasteiger partial charge on any atom is -0.456 e. The van der Waals surface area contributed by atoms with E-state index in [1.54, 1.807) is 20.8 Å². The smallest absolute Gasteiger partial charge is 0.341 e. The van der Waals surface area contributed by atoms with Gasteiger partial charge in [-0.3, -0.25) is 10.1 Å². The van der Waals surface area contributed by atoms with Crippen molar-refractivity contribution in [1.82, 2.24) is 0 Å². The summed E-state index contributed by atoms with van der Waals surface area (Å²) in [7, 11) is 0. The van der Waals surface area contributed by atoms with E-state index in [1.807, 2.05) is 30.3 Å². The van der Waals surface area contributed by atoms with E-state index >= 15 is 0 Å². The summed E-state index contributed by atoms with van der Waals surface area (Å²) in [6, 6.07) is 13.3. The number of esters is 1. The maximum absolute atomic E-state index is 12.4. The molecule has 6 nitrogen and oxygen atoms in total. The van der Waals surface area contributed by atoms with E-state index in [2.05, 4.69) is 5.32 Å². The van der Waals surface area contributed by atoms with E-state index in [1.165, 1.54) is 18.2 Å². The lowest BCUT2D eigenvalue weighted by atomic mass is 10.1. The minimum atomic E-state index is -0.689. The van der Waals surface area contributed by atoms with Gasteiger partial charge in [0.05, 0.1) is 16.2 Å². The summed E-state index contributed by atoms with van der Waals surface area (Å²) in [5.74, 6) is -0.611. The second-order valence-electron chi connectivity index (χ2n) is 5.98. The Hall–Kier alpha value is -2.89. The molecule has 6 heteroatoms. The van der Waals surface area contributed by atoms with Crippen LogP contribution in [0, 0.1) is 10.1 Å². The van der Waals surface area contributed by atoms with E-state index in [9.17, 15) is 14.9 Å². The number of nitrogens with zero attached hydrogens (tertiary/aromatic N) is 1. The van der Waals surface area contributed by atoms with Crippen LogP contribution in [0.4, 0.5) is 17.1 Å². The Morgan fingerprint density at radius 3 is 2.35 bits per heavy atom. The van der Waals surface area contributed by atoms with Crippen LogP contribution in [0.25, 0.3) is 0 Å². The molecule has 0 aliphatic rings. The lowest BCUT2D eigenvalue weighted by molar-refractivity contribution is -0.384. The number of nitro groups is 1. The number of non-ortho nitro benzene ring substituents is 1. The monoisotopic (exact) mass is 314 g/mol. The predicted molar refractivity (Wildman–Crippen MR) is 88.0 cm³/mol. The number of anilines is 2. The zero-order valence-electron chi connectivity index (χ0n) is 13.2. The summed E-state index contributed by atoms with van der Waals surface area (Å²) in [6.07, 6.45) is 0. The normalized spacial score (nSPS) is 10.9. The van der Waals surface area contributed by atoms with E-state index in [4.69, 9.17) is 4.74 Å². The van der Waals surface area contributed by atoms with Gasteiger partial charge in [0, 0.05) is 17.8 Å². The fraction of sp³-hybridized carbons (Fsp3) is 0.235. The van der Waals surface area contributed by atoms with Gasteiger partial charge in [0.15, 0.2) is 0 Å². The molecule has 0 saturated carbocycles. The second-order valence-corrected chi connectivity index (χ2v) is 5.98. The number of para-hydroxylation sites is 1. The minimum absolute atomic E-state index is 0.123. The first-order chi connectivity index (χ1) is 10.8. The first-order valence-electron chi connectivity index (χ1n) is 7.10. The molecule has 0 heterocycles. The molecule has 0 aromatic heterocycles. The van der Waals surface area contributed by atoms with E-state index < -0.39 is 16.5 Å². The van der Waals surface area contributed by atoms with Crippen LogP contribution in [0.3, 0.4) is 0 Å². The summed E-state index contributed by atoms with van der Waals surface area (Å²) in [4.78, 5) is 22.8. The van der Waals surface area contributed by atoms with Crippen LogP contribution < -0.4 is 5.32 Å². The van der Waals surface area contributed by atoms with E-state index in [0.717, 1.165) is 5.69 Å². The van der Waals surface area contributed by atoms with Crippen LogP contribution in [0.5, 0.6) is 0 Å². The van der Waals surface area contributed by atoms with Crippen molar-refractivity contribution in [2.45, 2.75) is 26.4 Å². The van der Waals surface area contributed by atoms with Gasteiger partial charge in [-0.15, -0.1) is 0 Å². The molecule has 0 aliphatic carbocycles. The Balaban J connectivity index is 2.40. The third-order valence-electron chi connectivity index (χ3n) is 2.89. The third kappa shape index (κ3) is 4.54. The van der Waals surface area contributed by atoms with Crippen molar-refractivity contribution in [2.24, 2.45) is 0 Å². The quantitative estimate of drug-likeness (QED) is 0.517. The summed E-state index contributed by atoms with van der Waals surface area (Å²) in [5.41, 5.74) is 0.496. The number of nitro benzene ring substituents is 1. The molecule has 23 heavy (non-hydrogen) atoms. The first-order valence-corrected chi connectivity index (χ1v) is 7.10. The third-order valence-corrected chi connectivity index (χ3v) is 2.89. The van der Waals surface area contributed by atoms with Crippen molar-refractivity contribution in [3.05, 3.63) is 64.2 Å². The Kier molecular flexibility index (Phi) is 4.64. The number of hydrogen-bond acceptors (Lipinski definition) is 5. The Morgan fingerprint density at radius 1 is 1.13 bits per heavy atom. The highest BCUT2D eigenvalue weighted by Gasteiger charge is 2.23. The zero-order chi connectivity index (χ0) is 17.0. The molecule has 0 fully saturated rings. The molecular formula is C17H18N2O4. The summed E-state index contributed by atoms with van der Waals surface area (Å²) in [5, 5.41) is 14.0. The molecule has 0 saturated heterocycles. The summed E-state index contributed by atoms with van der Waals surface area (Å²) >= 11 is 0. The highest BCUT2D eigenvalue weighted by molar-refractivity contribution is 5.97. The Morgan fingerprint density at radius 2 is 1.78 bits per heavy atom. The van der Waals surface area contributed by atoms with Crippen molar-refractivity contribution in [3.63, 3.8) is 0 Å². The number of benzene rings is 2. The molecule has 2 aromatic rings. The SMILES string of the molecule is CC(C)(C)OC(=O)c1cc([N+](=O)[O-])ccc1Nc1ccccc1. The summed E-state index contributed by atoms with van der Waals surface area (Å²) < 4.78 is 5.34. The molecule has 1 N–H and O–H groups in total. The van der Waals surface area contributed by atoms with Gasteiger partial charge in [-0.2, -0.15) is 0 Å². The predicted octanol–water partition coefficient (Wildman–Crippen LogP) is 4.29. The Labute approximate surface area is 134 Å². The fourth-order valence-electron chi connectivity index (χ4n) is 1.93. The number of hydrogen-bond donors (Lipinski definition) is 1. The van der Waals surface area contributed by atoms with E-state index in [-0.39, 0.29) is 11.3 Å². The lowest BCUT2D eigenvalue weighted by Crippen LogP contribution is -2.24. The van der Waals surface area contributed by atoms with E-state index in [0.29, 0.717) is 5.69 Å². The average molecular weight is 314 g/mol. The van der Waals surface area contributed by atoms with Crippen molar-refractivity contribution < 1.29 is 14.5 Å². The number of carbonyl (C=O) groups excluding carboxylic acids is 1. The van der Waals surface area contributed by atoms with Gasteiger partial charge >= 0.3 is 5.97 Å². The molecular weight excluding hydrogens is 296 g/mol. The van der Waals surface area contributed by atoms with Crippen LogP contribution in [-0.2, 0) is 4.74 Å². The van der Waals surface area contributed by atoms with Crippen LogP contribution >= 0.6 is 0 Å². The highest BCUT2D eigenvalue weighted by atomic mass is 16.6. The van der Waals surface area contributed by atoms with Gasteiger partial charge in [0.2, 0.25) is 0 Å². The number of ether oxygens (including phenoxy) is 1. The molecule has 120 valence electrons. The molecule has 0 aliphatic heterocycles. The van der Waals surface area contributed by atoms with Crippen LogP contribution in [0.15, 0.2) is 48.5 Å². The first kappa shape index (κ1) is 16.5. The van der Waals surface area contributed by atoms with Gasteiger partial charge in [0.1, 0.15) is 5.60 Å². The maximum atomic E-state index is 12.4. The molecule has 0 bridgehead atoms. The van der Waals surface area contributed by atoms with Crippen LogP contribution in [0.2, 0.25) is 0 Å². The maximum Gasteiger partial charge on any atom is 0.341 e. The van der Waals surface area contributed by atoms with Gasteiger partial charge < -0.3 is 10.1 Å². The zero-order valence-corrected chi connectivity index (χ0v) is 13.2. The largest absolute Gasteiger partial charge is 0.456 e. The van der Waals surface area contributed by atoms with Gasteiger partial charge in [-0.1, -0.05) is 18.2 Å². The molecule has 0 atom stereocenters. The van der Waals surface area contributed by atoms with Crippen LogP contribution in [0.1, 0.15) is 31.1 Å². The van der Waals surface area contributed by atoms with Crippen LogP contribution in [-0.4, -0.2) is 16.5 Å². The Bertz CT molecular complexity index is 721. The standard InChI is InChI=1S/C17H18N2O4/c1-17(2,3)23-16(20)14-11-13(19(21)22)9-10-15(14)18-12-7-5-4-6-8-12/h4-11,18H,1-3H3. The van der Waals surface area contributed by atoms with Crippen molar-refractivity contribution in [2.75, 3.05) is 5.32 Å². The van der Waals surface area contributed by atoms with Gasteiger partial charge in [-0.25, -0.2) is 4.79 Å². The van der Waals surface area contributed by atoms with Gasteiger partial charge in [-0.05, 0) is 39.0 Å². The number of rotatable bonds is 4. The molecule has 0 amide bonds. The van der Waals surface area contributed by atoms with Crippen molar-refractivity contribution in [1.29, 1.82) is 0 Å². The second kappa shape index (κ2) is 6.48. The van der Waals surface area contributed by atoms with Gasteiger partial charge in [0.25, 0.3) is 5.69 Å². The number of nitrogens with one attached hydrogen (secondary N) is 1. The molecule has 2 aromatic carbocycles. The highest BCUT2D eigenvalue weighted by Crippen LogP contribution is 2.27. The number of carbonyl (C=O) groups is 1. The topological polar surface area (TPSA) is 81.5 Å². The summed E-state index contributed by atoms with van der Waals surface area (Å²) in [6.45, 7) is 5.23. The molecule has 2 rings (SSSR count). The molecule has 0 radical (unpaired) electrons. The lowest BCUT2D eigenvalue weighted by Gasteiger charge is -2.20. The van der Waals surface area contributed by atoms with Crippen molar-refractivity contribution in [3.8, 4) is 0 Å². The molecule has 0 unspecified atom stereocenters.